The predicted octanol–water partition coefficient (Wildman–Crippen LogP) is 0.944. The number of unbranched alkanes of at least 4 members (excludes halogenated alkanes) is 7. The fraction of sp³-hybridized carbons (Fsp3) is 1.00. The second kappa shape index (κ2) is 11.3. The Morgan fingerprint density at radius 3 is 2.00 bits per heavy atom. The van der Waals surface area contributed by atoms with Crippen molar-refractivity contribution in [1.29, 1.82) is 0 Å². The Kier molecular flexibility index (Phi) is 10.2. The third-order valence-corrected chi connectivity index (χ3v) is 4.13. The van der Waals surface area contributed by atoms with Gasteiger partial charge in [0, 0.05) is 6.61 Å². The van der Waals surface area contributed by atoms with Crippen molar-refractivity contribution in [2.75, 3.05) is 13.2 Å². The van der Waals surface area contributed by atoms with Crippen LogP contribution in [0.1, 0.15) is 58.3 Å². The first kappa shape index (κ1) is 19.8. The Labute approximate surface area is 133 Å². The fourth-order valence-electron chi connectivity index (χ4n) is 2.64. The lowest BCUT2D eigenvalue weighted by atomic mass is 9.99. The van der Waals surface area contributed by atoms with Gasteiger partial charge in [0.15, 0.2) is 6.29 Å². The number of hydrogen-bond donors (Lipinski definition) is 4. The summed E-state index contributed by atoms with van der Waals surface area (Å²) in [4.78, 5) is 0. The van der Waals surface area contributed by atoms with Gasteiger partial charge < -0.3 is 29.9 Å². The van der Waals surface area contributed by atoms with Gasteiger partial charge in [-0.3, -0.25) is 0 Å². The van der Waals surface area contributed by atoms with Crippen LogP contribution in [0.5, 0.6) is 0 Å². The third kappa shape index (κ3) is 6.48. The summed E-state index contributed by atoms with van der Waals surface area (Å²) in [6.07, 6.45) is 3.58. The normalized spacial score (nSPS) is 32.3. The number of rotatable bonds is 11. The molecule has 1 aliphatic heterocycles. The van der Waals surface area contributed by atoms with Gasteiger partial charge in [0.05, 0.1) is 6.61 Å². The van der Waals surface area contributed by atoms with E-state index in [1.807, 2.05) is 0 Å². The van der Waals surface area contributed by atoms with Crippen LogP contribution in [0.2, 0.25) is 0 Å². The van der Waals surface area contributed by atoms with Crippen LogP contribution in [-0.2, 0) is 9.47 Å². The van der Waals surface area contributed by atoms with E-state index >= 15 is 0 Å². The number of ether oxygens (including phenoxy) is 2. The number of aliphatic hydroxyl groups is 4. The molecule has 0 aromatic carbocycles. The van der Waals surface area contributed by atoms with Crippen molar-refractivity contribution in [2.24, 2.45) is 0 Å². The maximum atomic E-state index is 9.80. The Balaban J connectivity index is 2.11. The summed E-state index contributed by atoms with van der Waals surface area (Å²) in [5, 5.41) is 38.2. The monoisotopic (exact) mass is 320 g/mol. The van der Waals surface area contributed by atoms with E-state index in [-0.39, 0.29) is 0 Å². The molecule has 0 amide bonds. The van der Waals surface area contributed by atoms with Gasteiger partial charge >= 0.3 is 0 Å². The predicted molar refractivity (Wildman–Crippen MR) is 82.3 cm³/mol. The van der Waals surface area contributed by atoms with Gasteiger partial charge in [0.1, 0.15) is 24.4 Å². The quantitative estimate of drug-likeness (QED) is 0.423. The zero-order chi connectivity index (χ0) is 16.4. The van der Waals surface area contributed by atoms with E-state index in [0.717, 1.165) is 12.8 Å². The third-order valence-electron chi connectivity index (χ3n) is 4.13. The minimum atomic E-state index is -1.37. The lowest BCUT2D eigenvalue weighted by molar-refractivity contribution is -0.301. The van der Waals surface area contributed by atoms with E-state index in [1.165, 1.54) is 38.5 Å². The first-order valence-electron chi connectivity index (χ1n) is 8.54. The maximum absolute atomic E-state index is 9.80. The van der Waals surface area contributed by atoms with E-state index in [2.05, 4.69) is 6.92 Å². The van der Waals surface area contributed by atoms with Crippen LogP contribution in [0.4, 0.5) is 0 Å². The van der Waals surface area contributed by atoms with Crippen molar-refractivity contribution in [2.45, 2.75) is 89.0 Å². The van der Waals surface area contributed by atoms with Crippen molar-refractivity contribution in [3.8, 4) is 0 Å². The highest BCUT2D eigenvalue weighted by Gasteiger charge is 2.43. The highest BCUT2D eigenvalue weighted by Crippen LogP contribution is 2.22. The minimum absolute atomic E-state index is 0.428. The summed E-state index contributed by atoms with van der Waals surface area (Å²) in [5.74, 6) is 0. The Morgan fingerprint density at radius 1 is 0.818 bits per heavy atom. The topological polar surface area (TPSA) is 99.4 Å². The average Bonchev–Trinajstić information content (AvgIpc) is 2.53. The van der Waals surface area contributed by atoms with Crippen LogP contribution in [0.25, 0.3) is 0 Å². The van der Waals surface area contributed by atoms with E-state index in [9.17, 15) is 15.3 Å². The van der Waals surface area contributed by atoms with Gasteiger partial charge in [0.25, 0.3) is 0 Å². The molecule has 0 aromatic heterocycles. The lowest BCUT2D eigenvalue weighted by Gasteiger charge is -2.39. The highest BCUT2D eigenvalue weighted by atomic mass is 16.7. The molecule has 2 unspecified atom stereocenters. The number of hydrogen-bond acceptors (Lipinski definition) is 6. The molecule has 0 saturated carbocycles. The molecule has 1 rings (SSSR count). The molecule has 22 heavy (non-hydrogen) atoms. The molecule has 132 valence electrons. The van der Waals surface area contributed by atoms with E-state index in [1.54, 1.807) is 0 Å². The zero-order valence-electron chi connectivity index (χ0n) is 13.6. The van der Waals surface area contributed by atoms with Crippen LogP contribution in [0.3, 0.4) is 0 Å². The van der Waals surface area contributed by atoms with E-state index < -0.39 is 37.3 Å². The molecule has 0 bridgehead atoms. The molecule has 6 nitrogen and oxygen atoms in total. The molecule has 5 atom stereocenters. The second-order valence-corrected chi connectivity index (χ2v) is 6.04. The first-order chi connectivity index (χ1) is 10.6. The molecule has 0 aromatic rings. The highest BCUT2D eigenvalue weighted by molar-refractivity contribution is 4.88. The maximum Gasteiger partial charge on any atom is 0.186 e. The molecule has 1 fully saturated rings. The van der Waals surface area contributed by atoms with Crippen LogP contribution in [0.15, 0.2) is 0 Å². The van der Waals surface area contributed by atoms with Crippen molar-refractivity contribution in [3.05, 3.63) is 0 Å². The molecule has 0 spiro atoms. The Hall–Kier alpha value is -0.240. The largest absolute Gasteiger partial charge is 0.394 e. The van der Waals surface area contributed by atoms with Gasteiger partial charge in [-0.25, -0.2) is 0 Å². The molecular formula is C16H32O6. The molecular weight excluding hydrogens is 288 g/mol. The molecule has 6 heteroatoms. The lowest BCUT2D eigenvalue weighted by Crippen LogP contribution is -2.59. The molecule has 1 heterocycles. The zero-order valence-corrected chi connectivity index (χ0v) is 13.6. The van der Waals surface area contributed by atoms with Gasteiger partial charge in [-0.15, -0.1) is 0 Å². The molecule has 1 aliphatic rings. The van der Waals surface area contributed by atoms with Gasteiger partial charge in [0.2, 0.25) is 0 Å². The molecule has 0 radical (unpaired) electrons. The van der Waals surface area contributed by atoms with Crippen LogP contribution >= 0.6 is 0 Å². The summed E-state index contributed by atoms with van der Waals surface area (Å²) in [7, 11) is 0. The van der Waals surface area contributed by atoms with E-state index in [4.69, 9.17) is 14.6 Å². The first-order valence-corrected chi connectivity index (χ1v) is 8.54. The Bertz CT molecular complexity index is 273. The molecule has 1 saturated heterocycles. The van der Waals surface area contributed by atoms with Crippen LogP contribution < -0.4 is 0 Å². The van der Waals surface area contributed by atoms with Gasteiger partial charge in [-0.05, 0) is 6.42 Å². The Morgan fingerprint density at radius 2 is 1.41 bits per heavy atom. The van der Waals surface area contributed by atoms with Crippen molar-refractivity contribution < 1.29 is 29.9 Å². The van der Waals surface area contributed by atoms with Crippen molar-refractivity contribution in [3.63, 3.8) is 0 Å². The summed E-state index contributed by atoms with van der Waals surface area (Å²) in [6.45, 7) is 2.20. The van der Waals surface area contributed by atoms with Crippen molar-refractivity contribution >= 4 is 0 Å². The summed E-state index contributed by atoms with van der Waals surface area (Å²) in [5.41, 5.74) is 0. The van der Waals surface area contributed by atoms with E-state index in [0.29, 0.717) is 6.61 Å². The smallest absolute Gasteiger partial charge is 0.186 e. The van der Waals surface area contributed by atoms with Crippen LogP contribution in [0, 0.1) is 0 Å². The standard InChI is InChI=1S/C16H32O6/c1-2-3-4-5-6-7-8-9-10-21-16-15(20)14(19)13(18)12(11-17)22-16/h12-20H,2-11H2,1H3/t12?,13-,14+,15?,16-/m1/s1. The summed E-state index contributed by atoms with van der Waals surface area (Å²) >= 11 is 0. The molecule has 0 aliphatic carbocycles. The fourth-order valence-corrected chi connectivity index (χ4v) is 2.64. The van der Waals surface area contributed by atoms with Crippen molar-refractivity contribution in [1.82, 2.24) is 0 Å². The SMILES string of the molecule is CCCCCCCCCCO[C@@H]1OC(CO)[C@@H](O)[C@H](O)C1O. The summed E-state index contributed by atoms with van der Waals surface area (Å²) in [6, 6.07) is 0. The molecule has 4 N–H and O–H groups in total. The van der Waals surface area contributed by atoms with Crippen LogP contribution in [-0.4, -0.2) is 64.3 Å². The number of aliphatic hydroxyl groups excluding tert-OH is 4. The van der Waals surface area contributed by atoms with Gasteiger partial charge in [-0.2, -0.15) is 0 Å². The summed E-state index contributed by atoms with van der Waals surface area (Å²) < 4.78 is 10.7. The minimum Gasteiger partial charge on any atom is -0.394 e. The average molecular weight is 320 g/mol. The second-order valence-electron chi connectivity index (χ2n) is 6.04. The van der Waals surface area contributed by atoms with Gasteiger partial charge in [-0.1, -0.05) is 51.9 Å².